The van der Waals surface area contributed by atoms with Gasteiger partial charge in [-0.05, 0) is 18.9 Å². The molecule has 0 saturated carbocycles. The van der Waals surface area contributed by atoms with Crippen LogP contribution < -0.4 is 11.3 Å². The molecular weight excluding hydrogens is 232 g/mol. The van der Waals surface area contributed by atoms with Gasteiger partial charge in [0.2, 0.25) is 5.91 Å². The predicted molar refractivity (Wildman–Crippen MR) is 73.5 cm³/mol. The number of rotatable bonds is 6. The van der Waals surface area contributed by atoms with Crippen LogP contribution in [0, 0.1) is 6.92 Å². The lowest BCUT2D eigenvalue weighted by molar-refractivity contribution is -0.121. The van der Waals surface area contributed by atoms with Crippen LogP contribution in [-0.4, -0.2) is 11.2 Å². The van der Waals surface area contributed by atoms with Gasteiger partial charge in [0.15, 0.2) is 0 Å². The fourth-order valence-corrected chi connectivity index (χ4v) is 2.47. The Balaban J connectivity index is 2.28. The molecule has 3 nitrogen and oxygen atoms in total. The summed E-state index contributed by atoms with van der Waals surface area (Å²) in [4.78, 5) is 11.0. The molecule has 0 radical (unpaired) electrons. The average molecular weight is 252 g/mol. The van der Waals surface area contributed by atoms with Crippen molar-refractivity contribution in [1.82, 2.24) is 5.43 Å². The number of hydrogen-bond donors (Lipinski definition) is 2. The second-order valence-corrected chi connectivity index (χ2v) is 5.64. The van der Waals surface area contributed by atoms with E-state index in [2.05, 4.69) is 43.5 Å². The molecule has 0 aliphatic rings. The molecule has 0 bridgehead atoms. The molecule has 17 heavy (non-hydrogen) atoms. The van der Waals surface area contributed by atoms with Crippen LogP contribution >= 0.6 is 11.8 Å². The second kappa shape index (κ2) is 7.35. The molecule has 1 aromatic rings. The van der Waals surface area contributed by atoms with Crippen molar-refractivity contribution in [2.75, 3.05) is 0 Å². The Kier molecular flexibility index (Phi) is 6.08. The third-order valence-corrected chi connectivity index (χ3v) is 3.86. The van der Waals surface area contributed by atoms with E-state index in [0.717, 1.165) is 12.2 Å². The molecule has 1 amide bonds. The summed E-state index contributed by atoms with van der Waals surface area (Å²) in [5.41, 5.74) is 4.78. The van der Waals surface area contributed by atoms with Gasteiger partial charge in [0.25, 0.3) is 0 Å². The molecule has 3 N–H and O–H groups in total. The predicted octanol–water partition coefficient (Wildman–Crippen LogP) is 2.39. The van der Waals surface area contributed by atoms with Gasteiger partial charge < -0.3 is 0 Å². The molecule has 4 heteroatoms. The molecule has 0 aromatic heterocycles. The Labute approximate surface area is 107 Å². The molecule has 0 aliphatic heterocycles. The minimum Gasteiger partial charge on any atom is -0.294 e. The van der Waals surface area contributed by atoms with E-state index in [1.165, 1.54) is 11.1 Å². The minimum absolute atomic E-state index is 0.0898. The summed E-state index contributed by atoms with van der Waals surface area (Å²) in [5, 5.41) is 0.466. The van der Waals surface area contributed by atoms with Gasteiger partial charge in [-0.2, -0.15) is 11.8 Å². The normalized spacial score (nSPS) is 12.2. The number of carbonyl (C=O) groups excluding carboxylic acids is 1. The summed E-state index contributed by atoms with van der Waals surface area (Å²) in [6.45, 7) is 4.24. The largest absolute Gasteiger partial charge is 0.294 e. The molecule has 0 saturated heterocycles. The number of nitrogens with one attached hydrogen (secondary N) is 1. The Bertz CT molecular complexity index is 368. The van der Waals surface area contributed by atoms with Gasteiger partial charge >= 0.3 is 0 Å². The van der Waals surface area contributed by atoms with Crippen LogP contribution in [0.15, 0.2) is 24.3 Å². The number of carbonyl (C=O) groups is 1. The zero-order valence-corrected chi connectivity index (χ0v) is 11.2. The van der Waals surface area contributed by atoms with Gasteiger partial charge in [-0.3, -0.25) is 10.2 Å². The molecule has 0 spiro atoms. The van der Waals surface area contributed by atoms with E-state index in [1.54, 1.807) is 0 Å². The van der Waals surface area contributed by atoms with E-state index in [0.29, 0.717) is 11.7 Å². The first kappa shape index (κ1) is 14.1. The van der Waals surface area contributed by atoms with Gasteiger partial charge in [0, 0.05) is 17.4 Å². The van der Waals surface area contributed by atoms with E-state index in [4.69, 9.17) is 5.84 Å². The fraction of sp³-hybridized carbons (Fsp3) is 0.462. The van der Waals surface area contributed by atoms with Crippen LogP contribution in [0.5, 0.6) is 0 Å². The molecule has 1 unspecified atom stereocenters. The monoisotopic (exact) mass is 252 g/mol. The van der Waals surface area contributed by atoms with E-state index in [9.17, 15) is 4.79 Å². The number of benzene rings is 1. The number of nitrogens with two attached hydrogens (primary N) is 1. The number of hydrogen-bond acceptors (Lipinski definition) is 3. The summed E-state index contributed by atoms with van der Waals surface area (Å²) in [6.07, 6.45) is 1.36. The first-order valence-electron chi connectivity index (χ1n) is 5.78. The van der Waals surface area contributed by atoms with E-state index in [1.807, 2.05) is 11.8 Å². The van der Waals surface area contributed by atoms with Crippen molar-refractivity contribution in [3.05, 3.63) is 35.4 Å². The van der Waals surface area contributed by atoms with Gasteiger partial charge in [0.05, 0.1) is 0 Å². The van der Waals surface area contributed by atoms with Crippen molar-refractivity contribution in [3.8, 4) is 0 Å². The van der Waals surface area contributed by atoms with Gasteiger partial charge in [-0.1, -0.05) is 36.8 Å². The van der Waals surface area contributed by atoms with Crippen LogP contribution in [-0.2, 0) is 10.5 Å². The Morgan fingerprint density at radius 3 is 2.94 bits per heavy atom. The summed E-state index contributed by atoms with van der Waals surface area (Å²) in [7, 11) is 0. The molecule has 1 aromatic carbocycles. The van der Waals surface area contributed by atoms with E-state index >= 15 is 0 Å². The van der Waals surface area contributed by atoms with Crippen LogP contribution in [0.2, 0.25) is 0 Å². The first-order valence-corrected chi connectivity index (χ1v) is 6.83. The zero-order chi connectivity index (χ0) is 12.7. The number of aryl methyl sites for hydroxylation is 1. The highest BCUT2D eigenvalue weighted by atomic mass is 32.2. The highest BCUT2D eigenvalue weighted by molar-refractivity contribution is 7.99. The Hall–Kier alpha value is -1.00. The van der Waals surface area contributed by atoms with Crippen LogP contribution in [0.3, 0.4) is 0 Å². The maximum Gasteiger partial charge on any atom is 0.233 e. The quantitative estimate of drug-likeness (QED) is 0.464. The standard InChI is InChI=1S/C13H20N2OS/c1-10-4-3-5-12(8-10)9-17-11(2)6-7-13(16)15-14/h3-5,8,11H,6-7,9,14H2,1-2H3,(H,15,16). The highest BCUT2D eigenvalue weighted by Gasteiger charge is 2.06. The lowest BCUT2D eigenvalue weighted by Gasteiger charge is -2.10. The molecule has 94 valence electrons. The lowest BCUT2D eigenvalue weighted by Crippen LogP contribution is -2.30. The van der Waals surface area contributed by atoms with Crippen LogP contribution in [0.25, 0.3) is 0 Å². The van der Waals surface area contributed by atoms with Gasteiger partial charge in [0.1, 0.15) is 0 Å². The van der Waals surface area contributed by atoms with Gasteiger partial charge in [-0.15, -0.1) is 0 Å². The summed E-state index contributed by atoms with van der Waals surface area (Å²) in [6, 6.07) is 8.52. The summed E-state index contributed by atoms with van der Waals surface area (Å²) >= 11 is 1.87. The second-order valence-electron chi connectivity index (χ2n) is 4.22. The summed E-state index contributed by atoms with van der Waals surface area (Å²) in [5.74, 6) is 5.94. The fourth-order valence-electron chi connectivity index (χ4n) is 1.53. The lowest BCUT2D eigenvalue weighted by atomic mass is 10.2. The van der Waals surface area contributed by atoms with Crippen molar-refractivity contribution in [2.45, 2.75) is 37.7 Å². The minimum atomic E-state index is -0.0898. The van der Waals surface area contributed by atoms with Gasteiger partial charge in [-0.25, -0.2) is 5.84 Å². The summed E-state index contributed by atoms with van der Waals surface area (Å²) < 4.78 is 0. The Morgan fingerprint density at radius 2 is 2.29 bits per heavy atom. The SMILES string of the molecule is Cc1cccc(CSC(C)CCC(=O)NN)c1. The van der Waals surface area contributed by atoms with Crippen molar-refractivity contribution >= 4 is 17.7 Å². The van der Waals surface area contributed by atoms with Crippen molar-refractivity contribution in [1.29, 1.82) is 0 Å². The van der Waals surface area contributed by atoms with Crippen molar-refractivity contribution in [2.24, 2.45) is 5.84 Å². The molecule has 0 fully saturated rings. The highest BCUT2D eigenvalue weighted by Crippen LogP contribution is 2.21. The molecule has 1 atom stereocenters. The van der Waals surface area contributed by atoms with Crippen LogP contribution in [0.1, 0.15) is 30.9 Å². The van der Waals surface area contributed by atoms with E-state index in [-0.39, 0.29) is 5.91 Å². The smallest absolute Gasteiger partial charge is 0.233 e. The van der Waals surface area contributed by atoms with E-state index < -0.39 is 0 Å². The topological polar surface area (TPSA) is 55.1 Å². The number of hydrazine groups is 1. The third kappa shape index (κ3) is 5.75. The maximum atomic E-state index is 11.0. The molecule has 0 heterocycles. The molecule has 0 aliphatic carbocycles. The van der Waals surface area contributed by atoms with Crippen molar-refractivity contribution < 1.29 is 4.79 Å². The molecular formula is C13H20N2OS. The number of thioether (sulfide) groups is 1. The molecule has 1 rings (SSSR count). The third-order valence-electron chi connectivity index (χ3n) is 2.56. The Morgan fingerprint density at radius 1 is 1.53 bits per heavy atom. The zero-order valence-electron chi connectivity index (χ0n) is 10.4. The first-order chi connectivity index (χ1) is 8.11. The van der Waals surface area contributed by atoms with Crippen molar-refractivity contribution in [3.63, 3.8) is 0 Å². The maximum absolute atomic E-state index is 11.0. The average Bonchev–Trinajstić information content (AvgIpc) is 2.33. The van der Waals surface area contributed by atoms with Crippen LogP contribution in [0.4, 0.5) is 0 Å². The number of amides is 1.